The number of hydrogen-bond acceptors (Lipinski definition) is 2. The monoisotopic (exact) mass is 337 g/mol. The first-order valence-electron chi connectivity index (χ1n) is 9.60. The number of H-pyrrole nitrogens is 1. The van der Waals surface area contributed by atoms with Gasteiger partial charge >= 0.3 is 0 Å². The van der Waals surface area contributed by atoms with Gasteiger partial charge in [-0.15, -0.1) is 0 Å². The molecule has 134 valence electrons. The topological polar surface area (TPSA) is 22.3 Å². The average Bonchev–Trinajstić information content (AvgIpc) is 2.95. The summed E-state index contributed by atoms with van der Waals surface area (Å²) in [5.41, 5.74) is 7.81. The number of fused-ring (bicyclic) bond motifs is 3. The van der Waals surface area contributed by atoms with Crippen molar-refractivity contribution in [2.75, 3.05) is 36.0 Å². The van der Waals surface area contributed by atoms with Crippen molar-refractivity contribution in [1.82, 2.24) is 4.98 Å². The van der Waals surface area contributed by atoms with Crippen molar-refractivity contribution in [3.63, 3.8) is 0 Å². The number of aryl methyl sites for hydroxylation is 2. The molecule has 0 saturated carbocycles. The van der Waals surface area contributed by atoms with Crippen LogP contribution in [0.2, 0.25) is 0 Å². The first-order valence-corrected chi connectivity index (χ1v) is 9.60. The number of hydrogen-bond donors (Lipinski definition) is 1. The fourth-order valence-electron chi connectivity index (χ4n) is 3.97. The van der Waals surface area contributed by atoms with Crippen LogP contribution in [0.3, 0.4) is 0 Å². The second kappa shape index (κ2) is 6.99. The summed E-state index contributed by atoms with van der Waals surface area (Å²) in [6, 6.07) is 9.28. The Balaban J connectivity index is 2.39. The summed E-state index contributed by atoms with van der Waals surface area (Å²) in [5.74, 6) is 0. The molecule has 3 heteroatoms. The number of aromatic nitrogens is 1. The van der Waals surface area contributed by atoms with E-state index in [1.54, 1.807) is 0 Å². The molecule has 0 aliphatic rings. The van der Waals surface area contributed by atoms with E-state index in [0.717, 1.165) is 26.2 Å². The second-order valence-electron chi connectivity index (χ2n) is 6.88. The lowest BCUT2D eigenvalue weighted by atomic mass is 10.0. The van der Waals surface area contributed by atoms with Crippen LogP contribution in [0.4, 0.5) is 11.4 Å². The molecule has 0 unspecified atom stereocenters. The van der Waals surface area contributed by atoms with Gasteiger partial charge in [-0.3, -0.25) is 0 Å². The zero-order valence-corrected chi connectivity index (χ0v) is 16.5. The van der Waals surface area contributed by atoms with E-state index >= 15 is 0 Å². The molecule has 0 radical (unpaired) electrons. The van der Waals surface area contributed by atoms with E-state index in [2.05, 4.69) is 80.6 Å². The minimum Gasteiger partial charge on any atom is -0.370 e. The lowest BCUT2D eigenvalue weighted by Crippen LogP contribution is -2.22. The van der Waals surface area contributed by atoms with Crippen LogP contribution in [0, 0.1) is 13.8 Å². The Morgan fingerprint density at radius 1 is 0.640 bits per heavy atom. The molecule has 3 rings (SSSR count). The molecule has 1 heterocycles. The van der Waals surface area contributed by atoms with Crippen LogP contribution >= 0.6 is 0 Å². The first-order chi connectivity index (χ1) is 12.0. The number of benzene rings is 2. The Hall–Kier alpha value is -2.16. The number of nitrogens with zero attached hydrogens (tertiary/aromatic N) is 2. The molecule has 0 aliphatic carbocycles. The van der Waals surface area contributed by atoms with E-state index in [1.165, 1.54) is 44.3 Å². The van der Waals surface area contributed by atoms with Crippen LogP contribution in [0.25, 0.3) is 21.8 Å². The number of rotatable bonds is 6. The average molecular weight is 338 g/mol. The number of nitrogens with one attached hydrogen (secondary N) is 1. The molecule has 1 N–H and O–H groups in total. The zero-order valence-electron chi connectivity index (χ0n) is 16.5. The molecule has 0 amide bonds. The van der Waals surface area contributed by atoms with E-state index in [4.69, 9.17) is 0 Å². The molecule has 0 aliphatic heterocycles. The van der Waals surface area contributed by atoms with E-state index in [-0.39, 0.29) is 0 Å². The minimum atomic E-state index is 1.02. The van der Waals surface area contributed by atoms with E-state index in [1.807, 2.05) is 0 Å². The summed E-state index contributed by atoms with van der Waals surface area (Å²) < 4.78 is 0. The molecule has 0 saturated heterocycles. The Morgan fingerprint density at radius 2 is 1.00 bits per heavy atom. The summed E-state index contributed by atoms with van der Waals surface area (Å²) in [6.45, 7) is 17.4. The van der Waals surface area contributed by atoms with Crippen LogP contribution in [-0.4, -0.2) is 31.2 Å². The van der Waals surface area contributed by atoms with Crippen molar-refractivity contribution in [1.29, 1.82) is 0 Å². The summed E-state index contributed by atoms with van der Waals surface area (Å²) in [5, 5.41) is 2.68. The molecule has 0 bridgehead atoms. The maximum atomic E-state index is 3.78. The van der Waals surface area contributed by atoms with Crippen LogP contribution in [-0.2, 0) is 0 Å². The summed E-state index contributed by atoms with van der Waals surface area (Å²) in [7, 11) is 0. The van der Waals surface area contributed by atoms with Gasteiger partial charge in [0.15, 0.2) is 0 Å². The highest BCUT2D eigenvalue weighted by Crippen LogP contribution is 2.38. The SMILES string of the molecule is CCN(CC)c1cc(C)cc2c1[nH]c1c(N(CC)CC)cc(C)cc12. The normalized spacial score (nSPS) is 11.4. The highest BCUT2D eigenvalue weighted by molar-refractivity contribution is 6.15. The third-order valence-corrected chi connectivity index (χ3v) is 5.27. The van der Waals surface area contributed by atoms with Gasteiger partial charge in [0.1, 0.15) is 0 Å². The highest BCUT2D eigenvalue weighted by atomic mass is 15.1. The van der Waals surface area contributed by atoms with Crippen LogP contribution in [0.15, 0.2) is 24.3 Å². The zero-order chi connectivity index (χ0) is 18.1. The van der Waals surface area contributed by atoms with E-state index < -0.39 is 0 Å². The maximum absolute atomic E-state index is 3.78. The third kappa shape index (κ3) is 2.97. The molecule has 0 fully saturated rings. The van der Waals surface area contributed by atoms with Gasteiger partial charge < -0.3 is 14.8 Å². The van der Waals surface area contributed by atoms with Gasteiger partial charge in [0, 0.05) is 37.0 Å². The molecule has 0 spiro atoms. The lowest BCUT2D eigenvalue weighted by molar-refractivity contribution is 0.867. The van der Waals surface area contributed by atoms with Gasteiger partial charge in [0.25, 0.3) is 0 Å². The third-order valence-electron chi connectivity index (χ3n) is 5.27. The van der Waals surface area contributed by atoms with Crippen LogP contribution in [0.5, 0.6) is 0 Å². The molecular weight excluding hydrogens is 306 g/mol. The standard InChI is InChI=1S/C22H31N3/c1-7-24(8-2)19-13-15(5)11-17-18-12-16(6)14-20(25(9-3)10-4)22(18)23-21(17)19/h11-14,23H,7-10H2,1-6H3. The minimum absolute atomic E-state index is 1.02. The van der Waals surface area contributed by atoms with Crippen molar-refractivity contribution in [2.45, 2.75) is 41.5 Å². The van der Waals surface area contributed by atoms with Crippen molar-refractivity contribution >= 4 is 33.2 Å². The van der Waals surface area contributed by atoms with Crippen LogP contribution < -0.4 is 9.80 Å². The largest absolute Gasteiger partial charge is 0.370 e. The smallest absolute Gasteiger partial charge is 0.0703 e. The van der Waals surface area contributed by atoms with Crippen molar-refractivity contribution < 1.29 is 0 Å². The fraction of sp³-hybridized carbons (Fsp3) is 0.455. The molecule has 25 heavy (non-hydrogen) atoms. The van der Waals surface area contributed by atoms with E-state index in [0.29, 0.717) is 0 Å². The molecule has 0 atom stereocenters. The predicted octanol–water partition coefficient (Wildman–Crippen LogP) is 5.63. The second-order valence-corrected chi connectivity index (χ2v) is 6.88. The van der Waals surface area contributed by atoms with Gasteiger partial charge in [-0.25, -0.2) is 0 Å². The summed E-state index contributed by atoms with van der Waals surface area (Å²) in [4.78, 5) is 8.66. The van der Waals surface area contributed by atoms with Gasteiger partial charge in [0.2, 0.25) is 0 Å². The van der Waals surface area contributed by atoms with Crippen molar-refractivity contribution in [2.24, 2.45) is 0 Å². The Bertz CT molecular complexity index is 811. The van der Waals surface area contributed by atoms with Crippen molar-refractivity contribution in [3.05, 3.63) is 35.4 Å². The molecule has 1 aromatic heterocycles. The number of aromatic amines is 1. The highest BCUT2D eigenvalue weighted by Gasteiger charge is 2.17. The Kier molecular flexibility index (Phi) is 4.94. The van der Waals surface area contributed by atoms with E-state index in [9.17, 15) is 0 Å². The molecule has 3 nitrogen and oxygen atoms in total. The first kappa shape index (κ1) is 17.7. The lowest BCUT2D eigenvalue weighted by Gasteiger charge is -2.22. The van der Waals surface area contributed by atoms with Crippen LogP contribution in [0.1, 0.15) is 38.8 Å². The van der Waals surface area contributed by atoms with Gasteiger partial charge in [-0.2, -0.15) is 0 Å². The van der Waals surface area contributed by atoms with Gasteiger partial charge in [0.05, 0.1) is 22.4 Å². The maximum Gasteiger partial charge on any atom is 0.0703 e. The van der Waals surface area contributed by atoms with Crippen molar-refractivity contribution in [3.8, 4) is 0 Å². The Morgan fingerprint density at radius 3 is 1.32 bits per heavy atom. The molecular formula is C22H31N3. The number of anilines is 2. The Labute approximate surface area is 151 Å². The van der Waals surface area contributed by atoms with Gasteiger partial charge in [-0.05, 0) is 76.9 Å². The fourth-order valence-corrected chi connectivity index (χ4v) is 3.97. The molecule has 3 aromatic rings. The quantitative estimate of drug-likeness (QED) is 0.629. The van der Waals surface area contributed by atoms with Gasteiger partial charge in [-0.1, -0.05) is 0 Å². The summed E-state index contributed by atoms with van der Waals surface area (Å²) in [6.07, 6.45) is 0. The predicted molar refractivity (Wildman–Crippen MR) is 112 cm³/mol. The summed E-state index contributed by atoms with van der Waals surface area (Å²) >= 11 is 0. The molecule has 2 aromatic carbocycles.